The second-order valence-electron chi connectivity index (χ2n) is 4.37. The first-order chi connectivity index (χ1) is 7.93. The quantitative estimate of drug-likeness (QED) is 0.719. The highest BCUT2D eigenvalue weighted by Gasteiger charge is 2.35. The normalized spacial score (nSPS) is 11.1. The lowest BCUT2D eigenvalue weighted by Crippen LogP contribution is -2.46. The average Bonchev–Trinajstić information content (AvgIpc) is 2.30. The molecule has 0 aromatic carbocycles. The van der Waals surface area contributed by atoms with E-state index in [1.807, 2.05) is 20.8 Å². The standard InChI is InChI=1S/C12H24N2O3/c1-5-8-14(4)11(17)13-9-12(6-2,7-3)10(15)16/h5-9H2,1-4H3,(H,13,17)(H,15,16). The van der Waals surface area contributed by atoms with Gasteiger partial charge in [-0.3, -0.25) is 4.79 Å². The molecule has 0 aliphatic rings. The minimum absolute atomic E-state index is 0.183. The van der Waals surface area contributed by atoms with E-state index in [4.69, 9.17) is 0 Å². The van der Waals surface area contributed by atoms with Crippen LogP contribution in [0.25, 0.3) is 0 Å². The van der Waals surface area contributed by atoms with Gasteiger partial charge in [0, 0.05) is 20.1 Å². The molecule has 0 saturated heterocycles. The van der Waals surface area contributed by atoms with Gasteiger partial charge in [-0.25, -0.2) is 4.79 Å². The van der Waals surface area contributed by atoms with Crippen LogP contribution in [0.5, 0.6) is 0 Å². The van der Waals surface area contributed by atoms with E-state index in [1.165, 1.54) is 0 Å². The van der Waals surface area contributed by atoms with Gasteiger partial charge in [0.2, 0.25) is 0 Å². The Morgan fingerprint density at radius 2 is 1.76 bits per heavy atom. The Kier molecular flexibility index (Phi) is 6.61. The molecule has 5 heteroatoms. The van der Waals surface area contributed by atoms with Gasteiger partial charge in [-0.2, -0.15) is 0 Å². The number of nitrogens with zero attached hydrogens (tertiary/aromatic N) is 1. The van der Waals surface area contributed by atoms with E-state index in [0.717, 1.165) is 6.42 Å². The zero-order valence-electron chi connectivity index (χ0n) is 11.2. The Morgan fingerprint density at radius 1 is 1.24 bits per heavy atom. The van der Waals surface area contributed by atoms with Crippen molar-refractivity contribution >= 4 is 12.0 Å². The highest BCUT2D eigenvalue weighted by molar-refractivity contribution is 5.78. The van der Waals surface area contributed by atoms with Crippen molar-refractivity contribution in [2.45, 2.75) is 40.0 Å². The lowest BCUT2D eigenvalue weighted by molar-refractivity contribution is -0.149. The van der Waals surface area contributed by atoms with Gasteiger partial charge in [0.15, 0.2) is 0 Å². The fraction of sp³-hybridized carbons (Fsp3) is 0.833. The molecular formula is C12H24N2O3. The fourth-order valence-electron chi connectivity index (χ4n) is 1.69. The van der Waals surface area contributed by atoms with Crippen LogP contribution in [-0.4, -0.2) is 42.1 Å². The molecule has 0 rings (SSSR count). The third-order valence-electron chi connectivity index (χ3n) is 3.29. The highest BCUT2D eigenvalue weighted by atomic mass is 16.4. The summed E-state index contributed by atoms with van der Waals surface area (Å²) < 4.78 is 0. The van der Waals surface area contributed by atoms with Crippen molar-refractivity contribution in [3.63, 3.8) is 0 Å². The van der Waals surface area contributed by atoms with Crippen LogP contribution in [0, 0.1) is 5.41 Å². The molecular weight excluding hydrogens is 220 g/mol. The summed E-state index contributed by atoms with van der Waals surface area (Å²) in [4.78, 5) is 24.5. The SMILES string of the molecule is CCCN(C)C(=O)NCC(CC)(CC)C(=O)O. The second kappa shape index (κ2) is 7.14. The second-order valence-corrected chi connectivity index (χ2v) is 4.37. The number of rotatable bonds is 7. The minimum atomic E-state index is -0.846. The zero-order valence-corrected chi connectivity index (χ0v) is 11.2. The molecule has 17 heavy (non-hydrogen) atoms. The first kappa shape index (κ1) is 15.7. The lowest BCUT2D eigenvalue weighted by Gasteiger charge is -2.28. The van der Waals surface area contributed by atoms with Gasteiger partial charge in [0.25, 0.3) is 0 Å². The molecule has 2 amide bonds. The molecule has 0 atom stereocenters. The van der Waals surface area contributed by atoms with Gasteiger partial charge in [0.1, 0.15) is 0 Å². The number of hydrogen-bond donors (Lipinski definition) is 2. The van der Waals surface area contributed by atoms with E-state index in [1.54, 1.807) is 11.9 Å². The van der Waals surface area contributed by atoms with Crippen molar-refractivity contribution < 1.29 is 14.7 Å². The monoisotopic (exact) mass is 244 g/mol. The molecule has 0 heterocycles. The van der Waals surface area contributed by atoms with E-state index < -0.39 is 11.4 Å². The summed E-state index contributed by atoms with van der Waals surface area (Å²) in [5.41, 5.74) is -0.845. The Hall–Kier alpha value is -1.26. The zero-order chi connectivity index (χ0) is 13.5. The lowest BCUT2D eigenvalue weighted by atomic mass is 9.82. The molecule has 0 aliphatic carbocycles. The van der Waals surface area contributed by atoms with Crippen molar-refractivity contribution in [1.82, 2.24) is 10.2 Å². The molecule has 0 spiro atoms. The van der Waals surface area contributed by atoms with Crippen LogP contribution in [0.15, 0.2) is 0 Å². The Labute approximate surface area is 103 Å². The number of amides is 2. The molecule has 0 bridgehead atoms. The summed E-state index contributed by atoms with van der Waals surface area (Å²) >= 11 is 0. The van der Waals surface area contributed by atoms with Crippen LogP contribution in [0.4, 0.5) is 4.79 Å². The Morgan fingerprint density at radius 3 is 2.12 bits per heavy atom. The summed E-state index contributed by atoms with van der Waals surface area (Å²) in [7, 11) is 1.71. The molecule has 0 aromatic heterocycles. The molecule has 5 nitrogen and oxygen atoms in total. The van der Waals surface area contributed by atoms with Crippen LogP contribution in [0.2, 0.25) is 0 Å². The van der Waals surface area contributed by atoms with Crippen molar-refractivity contribution in [2.75, 3.05) is 20.1 Å². The molecule has 0 aliphatic heterocycles. The summed E-state index contributed by atoms with van der Waals surface area (Å²) in [5.74, 6) is -0.846. The maximum absolute atomic E-state index is 11.7. The van der Waals surface area contributed by atoms with Crippen molar-refractivity contribution in [3.05, 3.63) is 0 Å². The third kappa shape index (κ3) is 4.24. The molecule has 0 aromatic rings. The van der Waals surface area contributed by atoms with E-state index >= 15 is 0 Å². The predicted molar refractivity (Wildman–Crippen MR) is 67.0 cm³/mol. The van der Waals surface area contributed by atoms with Gasteiger partial charge in [-0.1, -0.05) is 20.8 Å². The number of urea groups is 1. The van der Waals surface area contributed by atoms with Gasteiger partial charge in [-0.15, -0.1) is 0 Å². The molecule has 2 N–H and O–H groups in total. The molecule has 0 saturated carbocycles. The Bertz CT molecular complexity index is 262. The first-order valence-corrected chi connectivity index (χ1v) is 6.15. The summed E-state index contributed by atoms with van der Waals surface area (Å²) in [6.07, 6.45) is 1.91. The predicted octanol–water partition coefficient (Wildman–Crippen LogP) is 1.93. The van der Waals surface area contributed by atoms with Gasteiger partial charge < -0.3 is 15.3 Å². The van der Waals surface area contributed by atoms with E-state index in [0.29, 0.717) is 19.4 Å². The minimum Gasteiger partial charge on any atom is -0.481 e. The van der Waals surface area contributed by atoms with Crippen LogP contribution in [0.3, 0.4) is 0 Å². The third-order valence-corrected chi connectivity index (χ3v) is 3.29. The maximum Gasteiger partial charge on any atom is 0.317 e. The van der Waals surface area contributed by atoms with Crippen LogP contribution >= 0.6 is 0 Å². The average molecular weight is 244 g/mol. The van der Waals surface area contributed by atoms with Crippen molar-refractivity contribution in [2.24, 2.45) is 5.41 Å². The van der Waals surface area contributed by atoms with E-state index in [2.05, 4.69) is 5.32 Å². The van der Waals surface area contributed by atoms with Gasteiger partial charge in [-0.05, 0) is 19.3 Å². The summed E-state index contributed by atoms with van der Waals surface area (Å²) in [6, 6.07) is -0.209. The number of carboxylic acid groups (broad SMARTS) is 1. The van der Waals surface area contributed by atoms with Crippen LogP contribution < -0.4 is 5.32 Å². The number of aliphatic carboxylic acids is 1. The summed E-state index contributed by atoms with van der Waals surface area (Å²) in [5, 5.41) is 11.9. The largest absolute Gasteiger partial charge is 0.481 e. The van der Waals surface area contributed by atoms with Crippen LogP contribution in [-0.2, 0) is 4.79 Å². The Balaban J connectivity index is 4.41. The molecule has 0 unspecified atom stereocenters. The topological polar surface area (TPSA) is 69.6 Å². The summed E-state index contributed by atoms with van der Waals surface area (Å²) in [6.45, 7) is 6.51. The molecule has 100 valence electrons. The van der Waals surface area contributed by atoms with Crippen LogP contribution in [0.1, 0.15) is 40.0 Å². The fourth-order valence-corrected chi connectivity index (χ4v) is 1.69. The van der Waals surface area contributed by atoms with Crippen molar-refractivity contribution in [1.29, 1.82) is 0 Å². The number of hydrogen-bond acceptors (Lipinski definition) is 2. The van der Waals surface area contributed by atoms with E-state index in [-0.39, 0.29) is 12.6 Å². The van der Waals surface area contributed by atoms with E-state index in [9.17, 15) is 14.7 Å². The molecule has 0 fully saturated rings. The smallest absolute Gasteiger partial charge is 0.317 e. The van der Waals surface area contributed by atoms with Gasteiger partial charge >= 0.3 is 12.0 Å². The number of carbonyl (C=O) groups excluding carboxylic acids is 1. The number of nitrogens with one attached hydrogen (secondary N) is 1. The van der Waals surface area contributed by atoms with Crippen molar-refractivity contribution in [3.8, 4) is 0 Å². The molecule has 0 radical (unpaired) electrons. The maximum atomic E-state index is 11.7. The number of carboxylic acids is 1. The van der Waals surface area contributed by atoms with Gasteiger partial charge in [0.05, 0.1) is 5.41 Å². The highest BCUT2D eigenvalue weighted by Crippen LogP contribution is 2.25. The number of carbonyl (C=O) groups is 2. The first-order valence-electron chi connectivity index (χ1n) is 6.15.